The minimum atomic E-state index is -1.07. The summed E-state index contributed by atoms with van der Waals surface area (Å²) in [7, 11) is 0. The lowest BCUT2D eigenvalue weighted by molar-refractivity contribution is -0.138. The van der Waals surface area contributed by atoms with E-state index in [0.29, 0.717) is 17.9 Å². The Hall–Kier alpha value is -2.04. The Labute approximate surface area is 106 Å². The molecule has 2 N–H and O–H groups in total. The van der Waals surface area contributed by atoms with Crippen LogP contribution in [0.2, 0.25) is 0 Å². The molecule has 1 aromatic rings. The predicted molar refractivity (Wildman–Crippen MR) is 66.8 cm³/mol. The van der Waals surface area contributed by atoms with Crippen molar-refractivity contribution in [2.75, 3.05) is 6.61 Å². The van der Waals surface area contributed by atoms with Gasteiger partial charge in [-0.05, 0) is 31.5 Å². The molecular formula is C13H17NO4. The molecule has 0 spiro atoms. The topological polar surface area (TPSA) is 75.6 Å². The Balaban J connectivity index is 2.70. The molecule has 18 heavy (non-hydrogen) atoms. The zero-order chi connectivity index (χ0) is 13.5. The molecule has 0 aliphatic carbocycles. The number of ether oxygens (including phenoxy) is 1. The van der Waals surface area contributed by atoms with E-state index in [9.17, 15) is 9.59 Å². The minimum absolute atomic E-state index is 0.386. The number of carbonyl (C=O) groups is 2. The van der Waals surface area contributed by atoms with Crippen LogP contribution in [0.5, 0.6) is 5.75 Å². The van der Waals surface area contributed by atoms with Crippen LogP contribution in [-0.4, -0.2) is 29.6 Å². The zero-order valence-electron chi connectivity index (χ0n) is 10.5. The van der Waals surface area contributed by atoms with Crippen LogP contribution in [0.25, 0.3) is 0 Å². The van der Waals surface area contributed by atoms with Gasteiger partial charge in [0, 0.05) is 5.56 Å². The van der Waals surface area contributed by atoms with Crippen molar-refractivity contribution in [3.05, 3.63) is 29.8 Å². The van der Waals surface area contributed by atoms with Crippen LogP contribution in [0.3, 0.4) is 0 Å². The second-order valence-electron chi connectivity index (χ2n) is 3.91. The van der Waals surface area contributed by atoms with Crippen molar-refractivity contribution < 1.29 is 19.4 Å². The SMILES string of the molecule is CCCOc1cccc(C(=O)N[C@H](C)C(=O)O)c1. The van der Waals surface area contributed by atoms with E-state index >= 15 is 0 Å². The summed E-state index contributed by atoms with van der Waals surface area (Å²) in [5, 5.41) is 11.1. The van der Waals surface area contributed by atoms with E-state index in [0.717, 1.165) is 6.42 Å². The smallest absolute Gasteiger partial charge is 0.325 e. The first-order valence-corrected chi connectivity index (χ1v) is 5.81. The Bertz CT molecular complexity index is 431. The highest BCUT2D eigenvalue weighted by Crippen LogP contribution is 2.13. The number of carboxylic acid groups (broad SMARTS) is 1. The second-order valence-corrected chi connectivity index (χ2v) is 3.91. The molecule has 98 valence electrons. The summed E-state index contributed by atoms with van der Waals surface area (Å²) in [6.45, 7) is 3.99. The zero-order valence-corrected chi connectivity index (χ0v) is 10.5. The second kappa shape index (κ2) is 6.64. The number of carboxylic acids is 1. The molecule has 1 rings (SSSR count). The van der Waals surface area contributed by atoms with E-state index in [-0.39, 0.29) is 0 Å². The molecule has 0 aromatic heterocycles. The van der Waals surface area contributed by atoms with Gasteiger partial charge in [0.15, 0.2) is 0 Å². The van der Waals surface area contributed by atoms with Gasteiger partial charge in [0.1, 0.15) is 11.8 Å². The molecule has 5 nitrogen and oxygen atoms in total. The van der Waals surface area contributed by atoms with Crippen LogP contribution in [0.1, 0.15) is 30.6 Å². The number of hydrogen-bond acceptors (Lipinski definition) is 3. The molecule has 0 aliphatic rings. The van der Waals surface area contributed by atoms with E-state index in [1.165, 1.54) is 6.92 Å². The fraction of sp³-hybridized carbons (Fsp3) is 0.385. The van der Waals surface area contributed by atoms with Crippen LogP contribution in [-0.2, 0) is 4.79 Å². The van der Waals surface area contributed by atoms with Gasteiger partial charge in [-0.3, -0.25) is 9.59 Å². The highest BCUT2D eigenvalue weighted by Gasteiger charge is 2.15. The number of amides is 1. The lowest BCUT2D eigenvalue weighted by Gasteiger charge is -2.10. The number of nitrogens with one attached hydrogen (secondary N) is 1. The molecule has 0 aliphatic heterocycles. The van der Waals surface area contributed by atoms with Crippen molar-refractivity contribution >= 4 is 11.9 Å². The van der Waals surface area contributed by atoms with E-state index in [1.54, 1.807) is 24.3 Å². The van der Waals surface area contributed by atoms with Gasteiger partial charge in [0.2, 0.25) is 0 Å². The van der Waals surface area contributed by atoms with E-state index in [2.05, 4.69) is 5.32 Å². The molecule has 0 saturated heterocycles. The Morgan fingerprint density at radius 3 is 2.78 bits per heavy atom. The van der Waals surface area contributed by atoms with Gasteiger partial charge in [-0.2, -0.15) is 0 Å². The summed E-state index contributed by atoms with van der Waals surface area (Å²) in [5.74, 6) is -0.888. The standard InChI is InChI=1S/C13H17NO4/c1-3-7-18-11-6-4-5-10(8-11)12(15)14-9(2)13(16)17/h4-6,8-9H,3,7H2,1-2H3,(H,14,15)(H,16,17)/t9-/m1/s1. The number of hydrogen-bond donors (Lipinski definition) is 2. The van der Waals surface area contributed by atoms with Crippen molar-refractivity contribution in [1.82, 2.24) is 5.32 Å². The third-order valence-corrected chi connectivity index (χ3v) is 2.29. The van der Waals surface area contributed by atoms with Gasteiger partial charge in [0.25, 0.3) is 5.91 Å². The molecular weight excluding hydrogens is 234 g/mol. The summed E-state index contributed by atoms with van der Waals surface area (Å²) in [5.41, 5.74) is 0.386. The summed E-state index contributed by atoms with van der Waals surface area (Å²) in [4.78, 5) is 22.4. The Kier molecular flexibility index (Phi) is 5.17. The third-order valence-electron chi connectivity index (χ3n) is 2.29. The molecule has 0 heterocycles. The van der Waals surface area contributed by atoms with Crippen LogP contribution in [0.4, 0.5) is 0 Å². The Morgan fingerprint density at radius 2 is 2.17 bits per heavy atom. The lowest BCUT2D eigenvalue weighted by Crippen LogP contribution is -2.38. The molecule has 1 aromatic carbocycles. The highest BCUT2D eigenvalue weighted by molar-refractivity contribution is 5.96. The van der Waals surface area contributed by atoms with Gasteiger partial charge in [-0.25, -0.2) is 0 Å². The molecule has 0 fully saturated rings. The molecule has 0 unspecified atom stereocenters. The lowest BCUT2D eigenvalue weighted by atomic mass is 10.2. The van der Waals surface area contributed by atoms with Crippen LogP contribution < -0.4 is 10.1 Å². The first kappa shape index (κ1) is 14.0. The van der Waals surface area contributed by atoms with Crippen LogP contribution in [0.15, 0.2) is 24.3 Å². The average molecular weight is 251 g/mol. The molecule has 0 saturated carbocycles. The van der Waals surface area contributed by atoms with Gasteiger partial charge in [-0.15, -0.1) is 0 Å². The molecule has 1 atom stereocenters. The number of aliphatic carboxylic acids is 1. The maximum Gasteiger partial charge on any atom is 0.325 e. The molecule has 1 amide bonds. The van der Waals surface area contributed by atoms with E-state index < -0.39 is 17.9 Å². The monoisotopic (exact) mass is 251 g/mol. The van der Waals surface area contributed by atoms with Crippen molar-refractivity contribution in [3.63, 3.8) is 0 Å². The third kappa shape index (κ3) is 4.08. The average Bonchev–Trinajstić information content (AvgIpc) is 2.36. The van der Waals surface area contributed by atoms with Gasteiger partial charge < -0.3 is 15.2 Å². The normalized spacial score (nSPS) is 11.7. The van der Waals surface area contributed by atoms with Crippen molar-refractivity contribution in [2.24, 2.45) is 0 Å². The van der Waals surface area contributed by atoms with Crippen molar-refractivity contribution in [3.8, 4) is 5.75 Å². The van der Waals surface area contributed by atoms with Crippen LogP contribution in [0, 0.1) is 0 Å². The van der Waals surface area contributed by atoms with Gasteiger partial charge in [0.05, 0.1) is 6.61 Å². The Morgan fingerprint density at radius 1 is 1.44 bits per heavy atom. The van der Waals surface area contributed by atoms with Crippen LogP contribution >= 0.6 is 0 Å². The number of carbonyl (C=O) groups excluding carboxylic acids is 1. The number of benzene rings is 1. The van der Waals surface area contributed by atoms with E-state index in [1.807, 2.05) is 6.92 Å². The largest absolute Gasteiger partial charge is 0.494 e. The van der Waals surface area contributed by atoms with Crippen molar-refractivity contribution in [2.45, 2.75) is 26.3 Å². The van der Waals surface area contributed by atoms with Crippen molar-refractivity contribution in [1.29, 1.82) is 0 Å². The molecule has 0 bridgehead atoms. The molecule has 5 heteroatoms. The summed E-state index contributed by atoms with van der Waals surface area (Å²) in [6, 6.07) is 5.75. The fourth-order valence-electron chi connectivity index (χ4n) is 1.29. The fourth-order valence-corrected chi connectivity index (χ4v) is 1.29. The summed E-state index contributed by atoms with van der Waals surface area (Å²) in [6.07, 6.45) is 0.881. The quantitative estimate of drug-likeness (QED) is 0.806. The predicted octanol–water partition coefficient (Wildman–Crippen LogP) is 1.68. The maximum absolute atomic E-state index is 11.8. The van der Waals surface area contributed by atoms with Gasteiger partial charge >= 0.3 is 5.97 Å². The highest BCUT2D eigenvalue weighted by atomic mass is 16.5. The summed E-state index contributed by atoms with van der Waals surface area (Å²) >= 11 is 0. The van der Waals surface area contributed by atoms with Gasteiger partial charge in [-0.1, -0.05) is 13.0 Å². The molecule has 0 radical (unpaired) electrons. The van der Waals surface area contributed by atoms with E-state index in [4.69, 9.17) is 9.84 Å². The number of rotatable bonds is 6. The first-order chi connectivity index (χ1) is 8.54. The summed E-state index contributed by atoms with van der Waals surface area (Å²) < 4.78 is 5.40. The maximum atomic E-state index is 11.8. The minimum Gasteiger partial charge on any atom is -0.494 e. The first-order valence-electron chi connectivity index (χ1n) is 5.81.